The number of benzene rings is 1. The molecule has 1 saturated heterocycles. The van der Waals surface area contributed by atoms with Gasteiger partial charge in [0.25, 0.3) is 0 Å². The SMILES string of the molecule is Cc1ccc(C)c(OCCCN2CCN(CCO)CC2)c1. The highest BCUT2D eigenvalue weighted by Crippen LogP contribution is 2.19. The van der Waals surface area contributed by atoms with E-state index in [0.717, 1.165) is 58.0 Å². The second kappa shape index (κ2) is 8.37. The van der Waals surface area contributed by atoms with Crippen molar-refractivity contribution in [2.75, 3.05) is 52.5 Å². The van der Waals surface area contributed by atoms with Gasteiger partial charge in [-0.25, -0.2) is 0 Å². The van der Waals surface area contributed by atoms with Crippen molar-refractivity contribution in [3.8, 4) is 5.75 Å². The van der Waals surface area contributed by atoms with Crippen LogP contribution in [0.5, 0.6) is 5.75 Å². The molecule has 0 aliphatic carbocycles. The van der Waals surface area contributed by atoms with Crippen molar-refractivity contribution in [2.45, 2.75) is 20.3 Å². The van der Waals surface area contributed by atoms with Crippen LogP contribution in [0.4, 0.5) is 0 Å². The Kier molecular flexibility index (Phi) is 6.49. The molecular formula is C17H28N2O2. The van der Waals surface area contributed by atoms with E-state index in [1.807, 2.05) is 0 Å². The molecule has 1 aromatic carbocycles. The lowest BCUT2D eigenvalue weighted by Crippen LogP contribution is -2.47. The minimum atomic E-state index is 0.268. The third-order valence-electron chi connectivity index (χ3n) is 4.10. The lowest BCUT2D eigenvalue weighted by atomic mass is 10.1. The van der Waals surface area contributed by atoms with Crippen LogP contribution in [0.15, 0.2) is 18.2 Å². The zero-order chi connectivity index (χ0) is 15.1. The Morgan fingerprint density at radius 2 is 1.71 bits per heavy atom. The van der Waals surface area contributed by atoms with Crippen LogP contribution in [0.3, 0.4) is 0 Å². The molecule has 1 fully saturated rings. The van der Waals surface area contributed by atoms with Crippen LogP contribution in [-0.4, -0.2) is 67.4 Å². The van der Waals surface area contributed by atoms with Crippen LogP contribution in [0.1, 0.15) is 17.5 Å². The van der Waals surface area contributed by atoms with Gasteiger partial charge >= 0.3 is 0 Å². The standard InChI is InChI=1S/C17H28N2O2/c1-15-4-5-16(2)17(14-15)21-13-3-6-18-7-9-19(10-8-18)11-12-20/h4-5,14,20H,3,6-13H2,1-2H3. The average molecular weight is 292 g/mol. The van der Waals surface area contributed by atoms with Crippen molar-refractivity contribution in [1.82, 2.24) is 9.80 Å². The quantitative estimate of drug-likeness (QED) is 0.776. The van der Waals surface area contributed by atoms with Crippen molar-refractivity contribution >= 4 is 0 Å². The molecule has 118 valence electrons. The number of aliphatic hydroxyl groups is 1. The number of hydrogen-bond acceptors (Lipinski definition) is 4. The zero-order valence-electron chi connectivity index (χ0n) is 13.3. The summed E-state index contributed by atoms with van der Waals surface area (Å²) in [6.07, 6.45) is 1.06. The Balaban J connectivity index is 1.63. The second-order valence-electron chi connectivity index (χ2n) is 5.88. The molecule has 0 saturated carbocycles. The molecule has 1 aliphatic rings. The van der Waals surface area contributed by atoms with E-state index in [9.17, 15) is 0 Å². The van der Waals surface area contributed by atoms with E-state index in [1.165, 1.54) is 11.1 Å². The first-order chi connectivity index (χ1) is 10.2. The summed E-state index contributed by atoms with van der Waals surface area (Å²) in [5, 5.41) is 8.94. The molecule has 0 bridgehead atoms. The summed E-state index contributed by atoms with van der Waals surface area (Å²) in [5.41, 5.74) is 2.45. The Bertz CT molecular complexity index is 429. The molecule has 0 spiro atoms. The molecule has 1 N–H and O–H groups in total. The molecule has 1 aliphatic heterocycles. The van der Waals surface area contributed by atoms with Gasteiger partial charge in [-0.1, -0.05) is 12.1 Å². The average Bonchev–Trinajstić information content (AvgIpc) is 2.49. The third kappa shape index (κ3) is 5.30. The van der Waals surface area contributed by atoms with E-state index in [2.05, 4.69) is 41.8 Å². The van der Waals surface area contributed by atoms with Crippen molar-refractivity contribution in [2.24, 2.45) is 0 Å². The third-order valence-corrected chi connectivity index (χ3v) is 4.10. The van der Waals surface area contributed by atoms with Crippen molar-refractivity contribution < 1.29 is 9.84 Å². The van der Waals surface area contributed by atoms with Gasteiger partial charge in [0.05, 0.1) is 13.2 Å². The second-order valence-corrected chi connectivity index (χ2v) is 5.88. The number of nitrogens with zero attached hydrogens (tertiary/aromatic N) is 2. The Hall–Kier alpha value is -1.10. The van der Waals surface area contributed by atoms with E-state index in [-0.39, 0.29) is 6.61 Å². The van der Waals surface area contributed by atoms with E-state index < -0.39 is 0 Å². The molecule has 1 heterocycles. The van der Waals surface area contributed by atoms with Crippen LogP contribution >= 0.6 is 0 Å². The highest BCUT2D eigenvalue weighted by Gasteiger charge is 2.15. The van der Waals surface area contributed by atoms with Gasteiger partial charge in [0.2, 0.25) is 0 Å². The molecular weight excluding hydrogens is 264 g/mol. The maximum absolute atomic E-state index is 8.94. The van der Waals surface area contributed by atoms with E-state index in [4.69, 9.17) is 9.84 Å². The molecule has 0 unspecified atom stereocenters. The number of β-amino-alcohol motifs (C(OH)–C–C–N with tert-alkyl or cyclic N) is 1. The molecule has 2 rings (SSSR count). The van der Waals surface area contributed by atoms with Crippen molar-refractivity contribution in [3.05, 3.63) is 29.3 Å². The first-order valence-corrected chi connectivity index (χ1v) is 7.94. The summed E-state index contributed by atoms with van der Waals surface area (Å²) in [5.74, 6) is 1.02. The molecule has 4 heteroatoms. The van der Waals surface area contributed by atoms with E-state index in [0.29, 0.717) is 0 Å². The summed E-state index contributed by atoms with van der Waals surface area (Å²) in [6, 6.07) is 6.35. The van der Waals surface area contributed by atoms with Gasteiger partial charge in [0, 0.05) is 39.3 Å². The number of aryl methyl sites for hydroxylation is 2. The van der Waals surface area contributed by atoms with Crippen LogP contribution in [-0.2, 0) is 0 Å². The Labute approximate surface area is 128 Å². The summed E-state index contributed by atoms with van der Waals surface area (Å²) in [4.78, 5) is 4.81. The Morgan fingerprint density at radius 1 is 1.05 bits per heavy atom. The van der Waals surface area contributed by atoms with Crippen LogP contribution in [0.25, 0.3) is 0 Å². The molecule has 0 aromatic heterocycles. The first kappa shape index (κ1) is 16.3. The number of ether oxygens (including phenoxy) is 1. The van der Waals surface area contributed by atoms with Crippen LogP contribution in [0, 0.1) is 13.8 Å². The van der Waals surface area contributed by atoms with Crippen molar-refractivity contribution in [3.63, 3.8) is 0 Å². The number of hydrogen-bond donors (Lipinski definition) is 1. The van der Waals surface area contributed by atoms with Gasteiger partial charge in [-0.3, -0.25) is 4.90 Å². The highest BCUT2D eigenvalue weighted by atomic mass is 16.5. The minimum absolute atomic E-state index is 0.268. The van der Waals surface area contributed by atoms with Gasteiger partial charge in [0.1, 0.15) is 5.75 Å². The molecule has 0 atom stereocenters. The monoisotopic (exact) mass is 292 g/mol. The maximum atomic E-state index is 8.94. The zero-order valence-corrected chi connectivity index (χ0v) is 13.3. The molecule has 21 heavy (non-hydrogen) atoms. The lowest BCUT2D eigenvalue weighted by molar-refractivity contribution is 0.108. The topological polar surface area (TPSA) is 35.9 Å². The van der Waals surface area contributed by atoms with Crippen LogP contribution in [0.2, 0.25) is 0 Å². The molecule has 0 amide bonds. The molecule has 0 radical (unpaired) electrons. The number of aliphatic hydroxyl groups excluding tert-OH is 1. The highest BCUT2D eigenvalue weighted by molar-refractivity contribution is 5.35. The largest absolute Gasteiger partial charge is 0.493 e. The van der Waals surface area contributed by atoms with Crippen LogP contribution < -0.4 is 4.74 Å². The number of piperazine rings is 1. The van der Waals surface area contributed by atoms with Crippen molar-refractivity contribution in [1.29, 1.82) is 0 Å². The van der Waals surface area contributed by atoms with Gasteiger partial charge in [0.15, 0.2) is 0 Å². The van der Waals surface area contributed by atoms with E-state index in [1.54, 1.807) is 0 Å². The fourth-order valence-corrected chi connectivity index (χ4v) is 2.71. The van der Waals surface area contributed by atoms with Gasteiger partial charge in [-0.15, -0.1) is 0 Å². The smallest absolute Gasteiger partial charge is 0.122 e. The summed E-state index contributed by atoms with van der Waals surface area (Å²) < 4.78 is 5.90. The van der Waals surface area contributed by atoms with Gasteiger partial charge in [-0.05, 0) is 37.5 Å². The molecule has 4 nitrogen and oxygen atoms in total. The fourth-order valence-electron chi connectivity index (χ4n) is 2.71. The fraction of sp³-hybridized carbons (Fsp3) is 0.647. The van der Waals surface area contributed by atoms with Gasteiger partial charge in [-0.2, -0.15) is 0 Å². The predicted molar refractivity (Wildman–Crippen MR) is 86.0 cm³/mol. The summed E-state index contributed by atoms with van der Waals surface area (Å²) in [7, 11) is 0. The summed E-state index contributed by atoms with van der Waals surface area (Å²) in [6.45, 7) is 11.5. The predicted octanol–water partition coefficient (Wildman–Crippen LogP) is 1.68. The minimum Gasteiger partial charge on any atom is -0.493 e. The Morgan fingerprint density at radius 3 is 2.38 bits per heavy atom. The van der Waals surface area contributed by atoms with Gasteiger partial charge < -0.3 is 14.7 Å². The lowest BCUT2D eigenvalue weighted by Gasteiger charge is -2.34. The first-order valence-electron chi connectivity index (χ1n) is 7.94. The maximum Gasteiger partial charge on any atom is 0.122 e. The number of rotatable bonds is 7. The normalized spacial score (nSPS) is 17.1. The molecule has 1 aromatic rings. The summed E-state index contributed by atoms with van der Waals surface area (Å²) >= 11 is 0. The van der Waals surface area contributed by atoms with E-state index >= 15 is 0 Å².